The fourth-order valence-corrected chi connectivity index (χ4v) is 2.83. The molecule has 0 aliphatic heterocycles. The Morgan fingerprint density at radius 2 is 2.25 bits per heavy atom. The Morgan fingerprint density at radius 3 is 2.90 bits per heavy atom. The van der Waals surface area contributed by atoms with Gasteiger partial charge in [0.05, 0.1) is 17.2 Å². The molecule has 108 valence electrons. The molecule has 0 saturated carbocycles. The summed E-state index contributed by atoms with van der Waals surface area (Å²) in [5, 5.41) is 16.1. The number of sulfonamides is 1. The van der Waals surface area contributed by atoms with Crippen molar-refractivity contribution in [3.8, 4) is 0 Å². The smallest absolute Gasteiger partial charge is 0.240 e. The Kier molecular flexibility index (Phi) is 4.53. The van der Waals surface area contributed by atoms with Crippen LogP contribution in [0.4, 0.5) is 0 Å². The van der Waals surface area contributed by atoms with Crippen LogP contribution < -0.4 is 4.72 Å². The first-order valence-corrected chi connectivity index (χ1v) is 7.76. The first kappa shape index (κ1) is 14.7. The maximum atomic E-state index is 12.2. The van der Waals surface area contributed by atoms with E-state index in [2.05, 4.69) is 14.9 Å². The average Bonchev–Trinajstić information content (AvgIpc) is 2.98. The number of hydrogen-bond acceptors (Lipinski definition) is 4. The third kappa shape index (κ3) is 3.44. The van der Waals surface area contributed by atoms with Crippen LogP contribution >= 0.6 is 0 Å². The van der Waals surface area contributed by atoms with Crippen molar-refractivity contribution in [2.24, 2.45) is 0 Å². The van der Waals surface area contributed by atoms with Gasteiger partial charge in [0.2, 0.25) is 10.0 Å². The van der Waals surface area contributed by atoms with Crippen molar-refractivity contribution in [2.75, 3.05) is 0 Å². The van der Waals surface area contributed by atoms with E-state index in [0.29, 0.717) is 12.0 Å². The van der Waals surface area contributed by atoms with E-state index < -0.39 is 16.1 Å². The summed E-state index contributed by atoms with van der Waals surface area (Å²) in [7, 11) is -3.60. The van der Waals surface area contributed by atoms with E-state index in [1.807, 2.05) is 6.92 Å². The molecule has 1 unspecified atom stereocenters. The van der Waals surface area contributed by atoms with Gasteiger partial charge in [-0.2, -0.15) is 5.10 Å². The van der Waals surface area contributed by atoms with Gasteiger partial charge in [0.15, 0.2) is 0 Å². The number of hydrogen-bond donors (Lipinski definition) is 3. The molecule has 0 radical (unpaired) electrons. The van der Waals surface area contributed by atoms with Crippen LogP contribution in [0.1, 0.15) is 30.6 Å². The maximum absolute atomic E-state index is 12.2. The monoisotopic (exact) mass is 295 g/mol. The number of benzene rings is 1. The standard InChI is InChI=1S/C13H17N3O3S/c1-2-13(17)11-4-3-5-12(6-11)20(18,19)16-9-10-7-14-15-8-10/h3-8,13,16-17H,2,9H2,1H3,(H,14,15). The maximum Gasteiger partial charge on any atom is 0.240 e. The van der Waals surface area contributed by atoms with Gasteiger partial charge in [-0.3, -0.25) is 5.10 Å². The van der Waals surface area contributed by atoms with E-state index in [1.165, 1.54) is 12.1 Å². The molecule has 0 fully saturated rings. The minimum absolute atomic E-state index is 0.144. The van der Waals surface area contributed by atoms with Crippen LogP contribution in [0.2, 0.25) is 0 Å². The second-order valence-electron chi connectivity index (χ2n) is 4.43. The molecule has 2 rings (SSSR count). The van der Waals surface area contributed by atoms with Crippen LogP contribution in [-0.2, 0) is 16.6 Å². The second-order valence-corrected chi connectivity index (χ2v) is 6.19. The minimum atomic E-state index is -3.60. The lowest BCUT2D eigenvalue weighted by molar-refractivity contribution is 0.173. The third-order valence-electron chi connectivity index (χ3n) is 2.96. The molecule has 0 saturated heterocycles. The zero-order valence-electron chi connectivity index (χ0n) is 11.1. The Morgan fingerprint density at radius 1 is 1.45 bits per heavy atom. The van der Waals surface area contributed by atoms with E-state index in [4.69, 9.17) is 0 Å². The highest BCUT2D eigenvalue weighted by molar-refractivity contribution is 7.89. The highest BCUT2D eigenvalue weighted by Gasteiger charge is 2.16. The molecule has 1 atom stereocenters. The number of aliphatic hydroxyl groups excluding tert-OH is 1. The molecule has 6 nitrogen and oxygen atoms in total. The van der Waals surface area contributed by atoms with Gasteiger partial charge in [-0.05, 0) is 24.1 Å². The number of aliphatic hydroxyl groups is 1. The van der Waals surface area contributed by atoms with Gasteiger partial charge in [0.1, 0.15) is 0 Å². The van der Waals surface area contributed by atoms with Gasteiger partial charge in [-0.25, -0.2) is 13.1 Å². The van der Waals surface area contributed by atoms with Crippen LogP contribution in [0.15, 0.2) is 41.6 Å². The molecule has 0 amide bonds. The molecule has 1 aromatic carbocycles. The summed E-state index contributed by atoms with van der Waals surface area (Å²) >= 11 is 0. The van der Waals surface area contributed by atoms with E-state index in [-0.39, 0.29) is 11.4 Å². The molecule has 7 heteroatoms. The van der Waals surface area contributed by atoms with Crippen molar-refractivity contribution in [1.29, 1.82) is 0 Å². The number of nitrogens with zero attached hydrogens (tertiary/aromatic N) is 1. The summed E-state index contributed by atoms with van der Waals surface area (Å²) in [5.41, 5.74) is 1.34. The quantitative estimate of drug-likeness (QED) is 0.749. The van der Waals surface area contributed by atoms with Gasteiger partial charge < -0.3 is 5.11 Å². The Balaban J connectivity index is 2.16. The molecule has 3 N–H and O–H groups in total. The lowest BCUT2D eigenvalue weighted by Crippen LogP contribution is -2.23. The summed E-state index contributed by atoms with van der Waals surface area (Å²) in [5.74, 6) is 0. The van der Waals surface area contributed by atoms with Crippen LogP contribution in [0.5, 0.6) is 0 Å². The van der Waals surface area contributed by atoms with Gasteiger partial charge in [-0.15, -0.1) is 0 Å². The molecule has 1 heterocycles. The largest absolute Gasteiger partial charge is 0.388 e. The number of H-pyrrole nitrogens is 1. The Bertz CT molecular complexity index is 653. The summed E-state index contributed by atoms with van der Waals surface area (Å²) in [6.07, 6.45) is 3.06. The fourth-order valence-electron chi connectivity index (χ4n) is 1.76. The van der Waals surface area contributed by atoms with Crippen molar-refractivity contribution < 1.29 is 13.5 Å². The molecule has 2 aromatic rings. The zero-order chi connectivity index (χ0) is 14.6. The first-order chi connectivity index (χ1) is 9.53. The Hall–Kier alpha value is -1.70. The number of rotatable bonds is 6. The molecular formula is C13H17N3O3S. The summed E-state index contributed by atoms with van der Waals surface area (Å²) in [4.78, 5) is 0.144. The first-order valence-electron chi connectivity index (χ1n) is 6.28. The van der Waals surface area contributed by atoms with Crippen molar-refractivity contribution in [1.82, 2.24) is 14.9 Å². The van der Waals surface area contributed by atoms with E-state index in [9.17, 15) is 13.5 Å². The molecule has 0 bridgehead atoms. The van der Waals surface area contributed by atoms with Gasteiger partial charge in [-0.1, -0.05) is 19.1 Å². The van der Waals surface area contributed by atoms with Gasteiger partial charge in [0.25, 0.3) is 0 Å². The van der Waals surface area contributed by atoms with Crippen molar-refractivity contribution in [2.45, 2.75) is 30.9 Å². The summed E-state index contributed by atoms with van der Waals surface area (Å²) in [6.45, 7) is 2.00. The SMILES string of the molecule is CCC(O)c1cccc(S(=O)(=O)NCc2cn[nH]c2)c1. The predicted molar refractivity (Wildman–Crippen MR) is 74.3 cm³/mol. The average molecular weight is 295 g/mol. The van der Waals surface area contributed by atoms with Crippen LogP contribution in [0.25, 0.3) is 0 Å². The molecule has 0 aliphatic carbocycles. The molecular weight excluding hydrogens is 278 g/mol. The van der Waals surface area contributed by atoms with Gasteiger partial charge >= 0.3 is 0 Å². The normalized spacial score (nSPS) is 13.3. The predicted octanol–water partition coefficient (Wildman–Crippen LogP) is 1.33. The summed E-state index contributed by atoms with van der Waals surface area (Å²) in [6, 6.07) is 6.33. The van der Waals surface area contributed by atoms with Crippen molar-refractivity contribution in [3.63, 3.8) is 0 Å². The number of aromatic amines is 1. The van der Waals surface area contributed by atoms with E-state index in [0.717, 1.165) is 5.56 Å². The zero-order valence-corrected chi connectivity index (χ0v) is 11.9. The number of nitrogens with one attached hydrogen (secondary N) is 2. The molecule has 0 spiro atoms. The topological polar surface area (TPSA) is 95.1 Å². The van der Waals surface area contributed by atoms with Crippen molar-refractivity contribution in [3.05, 3.63) is 47.8 Å². The lowest BCUT2D eigenvalue weighted by Gasteiger charge is -2.11. The van der Waals surface area contributed by atoms with Crippen LogP contribution in [-0.4, -0.2) is 23.7 Å². The van der Waals surface area contributed by atoms with Crippen LogP contribution in [0.3, 0.4) is 0 Å². The molecule has 0 aliphatic rings. The van der Waals surface area contributed by atoms with Crippen LogP contribution in [0, 0.1) is 0 Å². The molecule has 20 heavy (non-hydrogen) atoms. The Labute approximate surface area is 117 Å². The second kappa shape index (κ2) is 6.17. The molecule has 1 aromatic heterocycles. The highest BCUT2D eigenvalue weighted by atomic mass is 32.2. The third-order valence-corrected chi connectivity index (χ3v) is 4.36. The minimum Gasteiger partial charge on any atom is -0.388 e. The summed E-state index contributed by atoms with van der Waals surface area (Å²) < 4.78 is 26.8. The van der Waals surface area contributed by atoms with E-state index >= 15 is 0 Å². The number of aromatic nitrogens is 2. The fraction of sp³-hybridized carbons (Fsp3) is 0.308. The van der Waals surface area contributed by atoms with Crippen molar-refractivity contribution >= 4 is 10.0 Å². The van der Waals surface area contributed by atoms with E-state index in [1.54, 1.807) is 24.5 Å². The van der Waals surface area contributed by atoms with Gasteiger partial charge in [0, 0.05) is 18.3 Å². The lowest BCUT2D eigenvalue weighted by atomic mass is 10.1. The highest BCUT2D eigenvalue weighted by Crippen LogP contribution is 2.19.